The van der Waals surface area contributed by atoms with Crippen LogP contribution in [-0.4, -0.2) is 40.1 Å². The maximum atomic E-state index is 13.5. The van der Waals surface area contributed by atoms with E-state index in [4.69, 9.17) is 28.9 Å². The molecule has 0 saturated carbocycles. The number of hydrogen-bond acceptors (Lipinski definition) is 6. The summed E-state index contributed by atoms with van der Waals surface area (Å²) in [6.45, 7) is 5.91. The largest absolute Gasteiger partial charge is 0.433 e. The van der Waals surface area contributed by atoms with Crippen LogP contribution >= 0.6 is 23.2 Å². The molecule has 1 saturated heterocycles. The van der Waals surface area contributed by atoms with Crippen LogP contribution in [0.15, 0.2) is 77.5 Å². The quantitative estimate of drug-likeness (QED) is 0.217. The number of benzene rings is 1. The molecule has 0 unspecified atom stereocenters. The second-order valence-electron chi connectivity index (χ2n) is 9.45. The van der Waals surface area contributed by atoms with Crippen LogP contribution < -0.4 is 11.1 Å². The number of hydrogen-bond donors (Lipinski definition) is 2. The first-order valence-corrected chi connectivity index (χ1v) is 13.4. The highest BCUT2D eigenvalue weighted by molar-refractivity contribution is 6.39. The van der Waals surface area contributed by atoms with Crippen molar-refractivity contribution >= 4 is 46.7 Å². The number of carbonyl (C=O) groups excluding carboxylic acids is 1. The Morgan fingerprint density at radius 1 is 1.15 bits per heavy atom. The third-order valence-electron chi connectivity index (χ3n) is 6.62. The molecule has 0 atom stereocenters. The number of amides is 1. The number of nitrogens with two attached hydrogens (primary N) is 1. The van der Waals surface area contributed by atoms with Gasteiger partial charge in [-0.3, -0.25) is 14.7 Å². The smallest absolute Gasteiger partial charge is 0.403 e. The molecule has 0 radical (unpaired) electrons. The summed E-state index contributed by atoms with van der Waals surface area (Å²) in [6.07, 6.45) is 0.603. The first-order chi connectivity index (χ1) is 19.5. The summed E-state index contributed by atoms with van der Waals surface area (Å²) in [6, 6.07) is 12.8. The Hall–Kier alpha value is -3.73. The van der Waals surface area contributed by atoms with E-state index < -0.39 is 17.8 Å². The molecule has 12 heteroatoms. The van der Waals surface area contributed by atoms with Gasteiger partial charge in [-0.15, -0.1) is 0 Å². The summed E-state index contributed by atoms with van der Waals surface area (Å²) in [4.78, 5) is 27.0. The van der Waals surface area contributed by atoms with E-state index in [1.807, 2.05) is 24.3 Å². The number of nitrogens with zero attached hydrogens (tertiary/aromatic N) is 4. The lowest BCUT2D eigenvalue weighted by Gasteiger charge is -2.32. The van der Waals surface area contributed by atoms with Crippen molar-refractivity contribution in [2.24, 2.45) is 10.7 Å². The first-order valence-electron chi connectivity index (χ1n) is 12.7. The molecular formula is C29H27Cl2F3N6O. The van der Waals surface area contributed by atoms with Crippen LogP contribution in [0.1, 0.15) is 51.6 Å². The number of likely N-dealkylation sites (tertiary alicyclic amines) is 1. The van der Waals surface area contributed by atoms with Crippen LogP contribution in [-0.2, 0) is 12.7 Å². The minimum absolute atomic E-state index is 0.133. The molecule has 0 aliphatic carbocycles. The number of alkyl halides is 3. The normalized spacial score (nSPS) is 15.3. The first kappa shape index (κ1) is 30.2. The number of halogens is 5. The standard InChI is InChI=1S/C29H27Cl2F3N6O/c1-18(37-16-23(30)15-35)20-4-2-19(3-5-20)17-40-12-9-21(10-13-40)27-24(6-7-25(39-27)29(32,33)34)38-28(41)22-8-11-36-26(31)14-22/h2-8,11,14-16,21H,1,9-10,12-13,17,35H2,(H,38,41)/b23-15+,37-16?. The molecule has 3 N–H and O–H groups in total. The van der Waals surface area contributed by atoms with Gasteiger partial charge in [-0.2, -0.15) is 13.2 Å². The maximum Gasteiger partial charge on any atom is 0.433 e. The molecule has 41 heavy (non-hydrogen) atoms. The molecule has 1 aliphatic heterocycles. The van der Waals surface area contributed by atoms with Gasteiger partial charge in [-0.1, -0.05) is 54.0 Å². The Balaban J connectivity index is 1.43. The van der Waals surface area contributed by atoms with Crippen molar-refractivity contribution in [3.05, 3.63) is 106 Å². The van der Waals surface area contributed by atoms with Crippen molar-refractivity contribution in [2.75, 3.05) is 18.4 Å². The number of aromatic nitrogens is 2. The third-order valence-corrected chi connectivity index (χ3v) is 7.05. The van der Waals surface area contributed by atoms with E-state index in [1.54, 1.807) is 0 Å². The van der Waals surface area contributed by atoms with E-state index in [0.717, 1.165) is 17.2 Å². The minimum atomic E-state index is -4.60. The number of nitrogens with one attached hydrogen (secondary N) is 1. The van der Waals surface area contributed by atoms with Gasteiger partial charge in [0, 0.05) is 36.6 Å². The van der Waals surface area contributed by atoms with Crippen molar-refractivity contribution < 1.29 is 18.0 Å². The van der Waals surface area contributed by atoms with Crippen molar-refractivity contribution in [3.8, 4) is 0 Å². The van der Waals surface area contributed by atoms with Gasteiger partial charge >= 0.3 is 6.18 Å². The van der Waals surface area contributed by atoms with Gasteiger partial charge in [0.1, 0.15) is 10.8 Å². The van der Waals surface area contributed by atoms with Crippen molar-refractivity contribution in [2.45, 2.75) is 31.5 Å². The molecule has 1 amide bonds. The molecule has 214 valence electrons. The summed E-state index contributed by atoms with van der Waals surface area (Å²) >= 11 is 11.7. The number of anilines is 1. The lowest BCUT2D eigenvalue weighted by atomic mass is 9.91. The fourth-order valence-electron chi connectivity index (χ4n) is 4.47. The average molecular weight is 603 g/mol. The maximum absolute atomic E-state index is 13.5. The zero-order chi connectivity index (χ0) is 29.6. The summed E-state index contributed by atoms with van der Waals surface area (Å²) in [5.74, 6) is -0.770. The molecule has 3 heterocycles. The van der Waals surface area contributed by atoms with E-state index in [2.05, 4.69) is 31.8 Å². The number of rotatable bonds is 8. The van der Waals surface area contributed by atoms with Crippen LogP contribution in [0.3, 0.4) is 0 Å². The van der Waals surface area contributed by atoms with Gasteiger partial charge < -0.3 is 11.1 Å². The Kier molecular flexibility index (Phi) is 9.80. The monoisotopic (exact) mass is 602 g/mol. The number of aliphatic imine (C=N–C) groups is 1. The lowest BCUT2D eigenvalue weighted by molar-refractivity contribution is -0.141. The van der Waals surface area contributed by atoms with Crippen molar-refractivity contribution in [1.29, 1.82) is 0 Å². The molecule has 1 aliphatic rings. The fourth-order valence-corrected chi connectivity index (χ4v) is 4.69. The molecule has 0 spiro atoms. The average Bonchev–Trinajstić information content (AvgIpc) is 2.96. The van der Waals surface area contributed by atoms with Crippen LogP contribution in [0, 0.1) is 0 Å². The van der Waals surface area contributed by atoms with Gasteiger partial charge in [0.25, 0.3) is 5.91 Å². The number of carbonyl (C=O) groups is 1. The number of allylic oxidation sites excluding steroid dienone is 1. The van der Waals surface area contributed by atoms with E-state index in [0.29, 0.717) is 43.2 Å². The molecule has 0 bridgehead atoms. The van der Waals surface area contributed by atoms with Crippen LogP contribution in [0.4, 0.5) is 18.9 Å². The summed E-state index contributed by atoms with van der Waals surface area (Å²) < 4.78 is 40.5. The molecule has 4 rings (SSSR count). The van der Waals surface area contributed by atoms with E-state index in [-0.39, 0.29) is 28.0 Å². The predicted octanol–water partition coefficient (Wildman–Crippen LogP) is 6.86. The van der Waals surface area contributed by atoms with Gasteiger partial charge in [0.2, 0.25) is 0 Å². The minimum Gasteiger partial charge on any atom is -0.403 e. The second kappa shape index (κ2) is 13.3. The van der Waals surface area contributed by atoms with Crippen LogP contribution in [0.25, 0.3) is 5.70 Å². The highest BCUT2D eigenvalue weighted by Crippen LogP contribution is 2.36. The Bertz CT molecular complexity index is 1470. The fraction of sp³-hybridized carbons (Fsp3) is 0.241. The SMILES string of the molecule is C=C(N=C/C(Cl)=C\N)c1ccc(CN2CCC(c3nc(C(F)(F)F)ccc3NC(=O)c3ccnc(Cl)c3)CC2)cc1. The van der Waals surface area contributed by atoms with Crippen LogP contribution in [0.5, 0.6) is 0 Å². The van der Waals surface area contributed by atoms with Crippen molar-refractivity contribution in [1.82, 2.24) is 14.9 Å². The zero-order valence-electron chi connectivity index (χ0n) is 21.8. The van der Waals surface area contributed by atoms with Gasteiger partial charge in [-0.25, -0.2) is 9.97 Å². The van der Waals surface area contributed by atoms with Crippen molar-refractivity contribution in [3.63, 3.8) is 0 Å². The number of piperidine rings is 1. The van der Waals surface area contributed by atoms with E-state index >= 15 is 0 Å². The topological polar surface area (TPSA) is 96.5 Å². The van der Waals surface area contributed by atoms with Gasteiger partial charge in [-0.05, 0) is 61.3 Å². The molecular weight excluding hydrogens is 576 g/mol. The molecule has 1 fully saturated rings. The highest BCUT2D eigenvalue weighted by atomic mass is 35.5. The molecule has 2 aromatic heterocycles. The highest BCUT2D eigenvalue weighted by Gasteiger charge is 2.34. The Labute approximate surface area is 245 Å². The molecule has 1 aromatic carbocycles. The predicted molar refractivity (Wildman–Crippen MR) is 156 cm³/mol. The Morgan fingerprint density at radius 3 is 2.49 bits per heavy atom. The van der Waals surface area contributed by atoms with E-state index in [1.165, 1.54) is 36.8 Å². The molecule has 7 nitrogen and oxygen atoms in total. The van der Waals surface area contributed by atoms with Gasteiger partial charge in [0.05, 0.1) is 22.1 Å². The number of pyridine rings is 2. The third kappa shape index (κ3) is 8.16. The second-order valence-corrected chi connectivity index (χ2v) is 10.3. The summed E-state index contributed by atoms with van der Waals surface area (Å²) in [5, 5.41) is 3.15. The van der Waals surface area contributed by atoms with E-state index in [9.17, 15) is 18.0 Å². The van der Waals surface area contributed by atoms with Crippen LogP contribution in [0.2, 0.25) is 5.15 Å². The lowest BCUT2D eigenvalue weighted by Crippen LogP contribution is -2.33. The molecule has 3 aromatic rings. The summed E-state index contributed by atoms with van der Waals surface area (Å²) in [5.41, 5.74) is 7.50. The zero-order valence-corrected chi connectivity index (χ0v) is 23.3. The van der Waals surface area contributed by atoms with Gasteiger partial charge in [0.15, 0.2) is 0 Å². The summed E-state index contributed by atoms with van der Waals surface area (Å²) in [7, 11) is 0. The Morgan fingerprint density at radius 2 is 1.85 bits per heavy atom.